The third-order valence-corrected chi connectivity index (χ3v) is 8.17. The van der Waals surface area contributed by atoms with Gasteiger partial charge in [-0.1, -0.05) is 20.8 Å². The second-order valence-electron chi connectivity index (χ2n) is 9.07. The summed E-state index contributed by atoms with van der Waals surface area (Å²) >= 11 is 0. The van der Waals surface area contributed by atoms with E-state index in [4.69, 9.17) is 5.73 Å². The molecule has 4 atom stereocenters. The van der Waals surface area contributed by atoms with Crippen LogP contribution in [0.15, 0.2) is 0 Å². The van der Waals surface area contributed by atoms with Crippen molar-refractivity contribution < 1.29 is 13.0 Å². The molecule has 0 spiro atoms. The maximum absolute atomic E-state index is 11.7. The quantitative estimate of drug-likeness (QED) is 0.782. The molecule has 4 unspecified atom stereocenters. The summed E-state index contributed by atoms with van der Waals surface area (Å²) in [5.74, 6) is 0.651. The van der Waals surface area contributed by atoms with Crippen molar-refractivity contribution in [2.24, 2.45) is 33.8 Å². The van der Waals surface area contributed by atoms with Gasteiger partial charge in [0.05, 0.1) is 0 Å². The highest BCUT2D eigenvalue weighted by molar-refractivity contribution is 7.86. The second-order valence-corrected chi connectivity index (χ2v) is 10.7. The minimum atomic E-state index is -4.07. The zero-order valence-corrected chi connectivity index (χ0v) is 14.2. The lowest BCUT2D eigenvalue weighted by Crippen LogP contribution is -2.59. The van der Waals surface area contributed by atoms with Crippen molar-refractivity contribution in [3.63, 3.8) is 0 Å². The highest BCUT2D eigenvalue weighted by atomic mass is 32.2. The summed E-state index contributed by atoms with van der Waals surface area (Å²) in [5, 5.41) is -0.819. The third-order valence-electron chi connectivity index (χ3n) is 6.81. The molecule has 0 saturated heterocycles. The Bertz CT molecular complexity index is 526. The molecule has 4 aliphatic carbocycles. The van der Waals surface area contributed by atoms with Crippen molar-refractivity contribution in [1.29, 1.82) is 0 Å². The van der Waals surface area contributed by atoms with Crippen molar-refractivity contribution in [1.82, 2.24) is 0 Å². The average molecular weight is 315 g/mol. The van der Waals surface area contributed by atoms with Gasteiger partial charge in [-0.2, -0.15) is 8.42 Å². The van der Waals surface area contributed by atoms with E-state index in [0.717, 1.165) is 25.2 Å². The van der Waals surface area contributed by atoms with Gasteiger partial charge in [-0.25, -0.2) is 0 Å². The minimum absolute atomic E-state index is 0.0137. The molecule has 4 fully saturated rings. The Morgan fingerprint density at radius 3 is 2.05 bits per heavy atom. The molecule has 4 aliphatic rings. The molecule has 4 bridgehead atoms. The molecule has 0 radical (unpaired) electrons. The predicted octanol–water partition coefficient (Wildman–Crippen LogP) is 2.83. The normalized spacial score (nSPS) is 48.3. The van der Waals surface area contributed by atoms with E-state index >= 15 is 0 Å². The van der Waals surface area contributed by atoms with Gasteiger partial charge in [-0.3, -0.25) is 4.55 Å². The Morgan fingerprint density at radius 1 is 1.14 bits per heavy atom. The van der Waals surface area contributed by atoms with Crippen molar-refractivity contribution in [2.45, 2.75) is 64.5 Å². The van der Waals surface area contributed by atoms with Gasteiger partial charge in [0.2, 0.25) is 0 Å². The summed E-state index contributed by atoms with van der Waals surface area (Å²) in [7, 11) is -4.07. The fourth-order valence-electron chi connectivity index (χ4n) is 7.02. The molecular formula is C16H29NO3S. The Balaban J connectivity index is 1.97. The third kappa shape index (κ3) is 2.45. The van der Waals surface area contributed by atoms with Crippen LogP contribution in [0.5, 0.6) is 0 Å². The maximum atomic E-state index is 11.7. The molecule has 0 aromatic heterocycles. The smallest absolute Gasteiger partial charge is 0.269 e. The second kappa shape index (κ2) is 4.45. The predicted molar refractivity (Wildman–Crippen MR) is 83.4 cm³/mol. The lowest BCUT2D eigenvalue weighted by molar-refractivity contribution is -0.165. The first kappa shape index (κ1) is 15.8. The van der Waals surface area contributed by atoms with Gasteiger partial charge in [0.25, 0.3) is 10.1 Å². The van der Waals surface area contributed by atoms with Gasteiger partial charge in [0.15, 0.2) is 0 Å². The van der Waals surface area contributed by atoms with Crippen molar-refractivity contribution in [2.75, 3.05) is 6.54 Å². The Hall–Kier alpha value is -0.130. The van der Waals surface area contributed by atoms with Crippen LogP contribution in [0.2, 0.25) is 0 Å². The van der Waals surface area contributed by atoms with E-state index in [1.807, 2.05) is 6.92 Å². The van der Waals surface area contributed by atoms with Crippen molar-refractivity contribution >= 4 is 10.1 Å². The first-order chi connectivity index (χ1) is 9.51. The molecule has 21 heavy (non-hydrogen) atoms. The fraction of sp³-hybridized carbons (Fsp3) is 1.00. The Kier molecular flexibility index (Phi) is 3.34. The van der Waals surface area contributed by atoms with Crippen LogP contribution in [0.1, 0.15) is 59.3 Å². The summed E-state index contributed by atoms with van der Waals surface area (Å²) in [5.41, 5.74) is 6.45. The molecule has 122 valence electrons. The van der Waals surface area contributed by atoms with Crippen LogP contribution in [0.3, 0.4) is 0 Å². The van der Waals surface area contributed by atoms with Crippen molar-refractivity contribution in [3.8, 4) is 0 Å². The standard InChI is InChI=1S/C16H29NO3S/c1-11(13(7-17)21(18,19)20)16-6-12-4-14(2,9-16)8-15(3,5-12)10-16/h11-13H,4-10,17H2,1-3H3,(H,18,19,20). The number of hydrogen-bond acceptors (Lipinski definition) is 3. The topological polar surface area (TPSA) is 80.4 Å². The number of nitrogens with two attached hydrogens (primary N) is 1. The molecule has 3 N–H and O–H groups in total. The molecular weight excluding hydrogens is 286 g/mol. The Morgan fingerprint density at radius 2 is 1.67 bits per heavy atom. The SMILES string of the molecule is CC(C(CN)S(=O)(=O)O)C12CC3CC(C)(CC(C)(C3)C1)C2. The molecule has 4 saturated carbocycles. The van der Waals surface area contributed by atoms with E-state index in [9.17, 15) is 13.0 Å². The summed E-state index contributed by atoms with van der Waals surface area (Å²) in [6.45, 7) is 6.77. The summed E-state index contributed by atoms with van der Waals surface area (Å²) in [6, 6.07) is 0. The number of rotatable bonds is 4. The van der Waals surface area contributed by atoms with Gasteiger partial charge in [0, 0.05) is 6.54 Å². The highest BCUT2D eigenvalue weighted by Gasteiger charge is 2.62. The molecule has 0 aromatic carbocycles. The molecule has 5 heteroatoms. The van der Waals surface area contributed by atoms with Crippen LogP contribution in [-0.2, 0) is 10.1 Å². The lowest BCUT2D eigenvalue weighted by Gasteiger charge is -2.67. The van der Waals surface area contributed by atoms with E-state index in [-0.39, 0.29) is 17.9 Å². The molecule has 0 aromatic rings. The first-order valence-corrected chi connectivity index (χ1v) is 9.68. The monoisotopic (exact) mass is 315 g/mol. The fourth-order valence-corrected chi connectivity index (χ4v) is 8.07. The van der Waals surface area contributed by atoms with E-state index in [0.29, 0.717) is 10.8 Å². The van der Waals surface area contributed by atoms with Gasteiger partial charge < -0.3 is 5.73 Å². The first-order valence-electron chi connectivity index (χ1n) is 8.17. The average Bonchev–Trinajstić information content (AvgIpc) is 2.22. The number of hydrogen-bond donors (Lipinski definition) is 2. The summed E-state index contributed by atoms with van der Waals surface area (Å²) in [4.78, 5) is 0. The maximum Gasteiger partial charge on any atom is 0.269 e. The zero-order chi connectivity index (χ0) is 15.7. The molecule has 4 rings (SSSR count). The molecule has 0 heterocycles. The molecule has 4 nitrogen and oxygen atoms in total. The van der Waals surface area contributed by atoms with E-state index < -0.39 is 15.4 Å². The van der Waals surface area contributed by atoms with E-state index in [1.54, 1.807) is 0 Å². The summed E-state index contributed by atoms with van der Waals surface area (Å²) in [6.07, 6.45) is 7.15. The van der Waals surface area contributed by atoms with Crippen LogP contribution < -0.4 is 5.73 Å². The van der Waals surface area contributed by atoms with Gasteiger partial charge in [0.1, 0.15) is 5.25 Å². The van der Waals surface area contributed by atoms with Crippen LogP contribution in [-0.4, -0.2) is 24.8 Å². The molecule has 0 amide bonds. The van der Waals surface area contributed by atoms with Crippen molar-refractivity contribution in [3.05, 3.63) is 0 Å². The van der Waals surface area contributed by atoms with Gasteiger partial charge in [-0.15, -0.1) is 0 Å². The Labute approximate surface area is 128 Å². The molecule has 0 aliphatic heterocycles. The van der Waals surface area contributed by atoms with Crippen LogP contribution in [0.4, 0.5) is 0 Å². The van der Waals surface area contributed by atoms with Gasteiger partial charge >= 0.3 is 0 Å². The summed E-state index contributed by atoms with van der Waals surface area (Å²) < 4.78 is 33.0. The lowest BCUT2D eigenvalue weighted by atomic mass is 9.38. The zero-order valence-electron chi connectivity index (χ0n) is 13.4. The largest absolute Gasteiger partial charge is 0.329 e. The van der Waals surface area contributed by atoms with Gasteiger partial charge in [-0.05, 0) is 66.6 Å². The van der Waals surface area contributed by atoms with Crippen LogP contribution in [0, 0.1) is 28.1 Å². The van der Waals surface area contributed by atoms with E-state index in [1.165, 1.54) is 19.3 Å². The minimum Gasteiger partial charge on any atom is -0.329 e. The highest BCUT2D eigenvalue weighted by Crippen LogP contribution is 2.71. The van der Waals surface area contributed by atoms with Crippen LogP contribution >= 0.6 is 0 Å². The van der Waals surface area contributed by atoms with Crippen LogP contribution in [0.25, 0.3) is 0 Å². The van der Waals surface area contributed by atoms with E-state index in [2.05, 4.69) is 13.8 Å².